The third-order valence-corrected chi connectivity index (χ3v) is 4.47. The lowest BCUT2D eigenvalue weighted by Crippen LogP contribution is -2.11. The van der Waals surface area contributed by atoms with E-state index in [2.05, 4.69) is 22.0 Å². The molecule has 2 rings (SSSR count). The first-order valence-electron chi connectivity index (χ1n) is 6.75. The van der Waals surface area contributed by atoms with Crippen LogP contribution < -0.4 is 4.74 Å². The predicted molar refractivity (Wildman–Crippen MR) is 88.7 cm³/mol. The van der Waals surface area contributed by atoms with Gasteiger partial charge in [0.2, 0.25) is 0 Å². The minimum atomic E-state index is -0.245. The number of para-hydroxylation sites is 1. The Morgan fingerprint density at radius 1 is 1.19 bits per heavy atom. The third-order valence-electron chi connectivity index (χ3n) is 3.43. The van der Waals surface area contributed by atoms with Crippen LogP contribution in [0.3, 0.4) is 0 Å². The lowest BCUT2D eigenvalue weighted by atomic mass is 9.93. The van der Waals surface area contributed by atoms with Gasteiger partial charge in [0.25, 0.3) is 0 Å². The van der Waals surface area contributed by atoms with Crippen LogP contribution in [-0.4, -0.2) is 13.0 Å². The maximum Gasteiger partial charge on any atom is 0.137 e. The molecule has 21 heavy (non-hydrogen) atoms. The van der Waals surface area contributed by atoms with Crippen molar-refractivity contribution < 1.29 is 9.13 Å². The van der Waals surface area contributed by atoms with Crippen LogP contribution in [0.4, 0.5) is 4.39 Å². The van der Waals surface area contributed by atoms with Crippen molar-refractivity contribution in [3.8, 4) is 5.75 Å². The molecule has 0 fully saturated rings. The first-order valence-corrected chi connectivity index (χ1v) is 8.08. The van der Waals surface area contributed by atoms with Gasteiger partial charge in [-0.1, -0.05) is 24.3 Å². The van der Waals surface area contributed by atoms with E-state index in [9.17, 15) is 4.39 Å². The van der Waals surface area contributed by atoms with Crippen molar-refractivity contribution in [2.45, 2.75) is 12.8 Å². The van der Waals surface area contributed by atoms with Gasteiger partial charge in [0, 0.05) is 5.88 Å². The molecule has 0 aliphatic rings. The zero-order valence-electron chi connectivity index (χ0n) is 11.8. The van der Waals surface area contributed by atoms with Crippen molar-refractivity contribution in [1.29, 1.82) is 0 Å². The van der Waals surface area contributed by atoms with Crippen LogP contribution in [0.5, 0.6) is 5.75 Å². The summed E-state index contributed by atoms with van der Waals surface area (Å²) in [5.74, 6) is 1.46. The molecule has 0 heterocycles. The molecule has 1 nitrogen and oxygen atoms in total. The largest absolute Gasteiger partial charge is 0.496 e. The lowest BCUT2D eigenvalue weighted by molar-refractivity contribution is 0.405. The van der Waals surface area contributed by atoms with E-state index in [0.29, 0.717) is 10.4 Å². The molecule has 0 aliphatic heterocycles. The van der Waals surface area contributed by atoms with Crippen LogP contribution in [0.25, 0.3) is 0 Å². The van der Waals surface area contributed by atoms with Crippen LogP contribution in [0.2, 0.25) is 0 Å². The van der Waals surface area contributed by atoms with E-state index < -0.39 is 0 Å². The highest BCUT2D eigenvalue weighted by Crippen LogP contribution is 2.25. The molecule has 0 saturated carbocycles. The molecular weight excluding hydrogens is 355 g/mol. The fourth-order valence-electron chi connectivity index (χ4n) is 2.36. The fraction of sp³-hybridized carbons (Fsp3) is 0.294. The number of methoxy groups -OCH3 is 1. The van der Waals surface area contributed by atoms with Gasteiger partial charge in [0.1, 0.15) is 11.6 Å². The number of benzene rings is 2. The molecule has 0 amide bonds. The highest BCUT2D eigenvalue weighted by atomic mass is 79.9. The van der Waals surface area contributed by atoms with E-state index in [1.807, 2.05) is 30.3 Å². The maximum absolute atomic E-state index is 13.3. The van der Waals surface area contributed by atoms with Crippen molar-refractivity contribution in [3.63, 3.8) is 0 Å². The number of ether oxygens (including phenoxy) is 1. The molecular formula is C17H17BrClFO. The molecule has 0 N–H and O–H groups in total. The van der Waals surface area contributed by atoms with Gasteiger partial charge >= 0.3 is 0 Å². The van der Waals surface area contributed by atoms with Gasteiger partial charge in [-0.2, -0.15) is 0 Å². The number of hydrogen-bond acceptors (Lipinski definition) is 1. The smallest absolute Gasteiger partial charge is 0.137 e. The molecule has 2 aromatic carbocycles. The minimum Gasteiger partial charge on any atom is -0.496 e. The number of rotatable bonds is 6. The molecule has 112 valence electrons. The maximum atomic E-state index is 13.3. The van der Waals surface area contributed by atoms with Crippen LogP contribution in [0, 0.1) is 11.7 Å². The monoisotopic (exact) mass is 370 g/mol. The molecule has 1 atom stereocenters. The zero-order chi connectivity index (χ0) is 15.2. The normalized spacial score (nSPS) is 12.2. The molecule has 4 heteroatoms. The second-order valence-corrected chi connectivity index (χ2v) is 6.15. The lowest BCUT2D eigenvalue weighted by Gasteiger charge is -2.16. The number of alkyl halides is 1. The second kappa shape index (κ2) is 7.81. The van der Waals surface area contributed by atoms with E-state index >= 15 is 0 Å². The third kappa shape index (κ3) is 4.45. The Morgan fingerprint density at radius 3 is 2.62 bits per heavy atom. The first kappa shape index (κ1) is 16.3. The minimum absolute atomic E-state index is 0.245. The topological polar surface area (TPSA) is 9.23 Å². The average Bonchev–Trinajstić information content (AvgIpc) is 2.50. The quantitative estimate of drug-likeness (QED) is 0.631. The summed E-state index contributed by atoms with van der Waals surface area (Å²) in [7, 11) is 1.67. The Morgan fingerprint density at radius 2 is 1.95 bits per heavy atom. The van der Waals surface area contributed by atoms with Gasteiger partial charge in [-0.3, -0.25) is 0 Å². The van der Waals surface area contributed by atoms with Gasteiger partial charge in [0.15, 0.2) is 0 Å². The van der Waals surface area contributed by atoms with E-state index in [-0.39, 0.29) is 11.7 Å². The van der Waals surface area contributed by atoms with E-state index in [0.717, 1.165) is 29.7 Å². The van der Waals surface area contributed by atoms with Crippen molar-refractivity contribution >= 4 is 27.5 Å². The Kier molecular flexibility index (Phi) is 6.07. The second-order valence-electron chi connectivity index (χ2n) is 4.99. The van der Waals surface area contributed by atoms with Crippen molar-refractivity contribution in [2.75, 3.05) is 13.0 Å². The van der Waals surface area contributed by atoms with Crippen LogP contribution in [0.15, 0.2) is 46.9 Å². The molecule has 2 aromatic rings. The van der Waals surface area contributed by atoms with Gasteiger partial charge in [-0.15, -0.1) is 11.6 Å². The molecule has 0 radical (unpaired) electrons. The summed E-state index contributed by atoms with van der Waals surface area (Å²) < 4.78 is 19.1. The van der Waals surface area contributed by atoms with Crippen molar-refractivity contribution in [3.05, 3.63) is 63.9 Å². The zero-order valence-corrected chi connectivity index (χ0v) is 14.1. The molecule has 0 aromatic heterocycles. The summed E-state index contributed by atoms with van der Waals surface area (Å²) in [5.41, 5.74) is 2.22. The molecule has 1 unspecified atom stereocenters. The SMILES string of the molecule is COc1ccccc1CC(CCl)Cc1ccc(F)c(Br)c1. The average molecular weight is 372 g/mol. The standard InChI is InChI=1S/C17H17BrClFO/c1-21-17-5-3-2-4-14(17)9-13(11-19)8-12-6-7-16(20)15(18)10-12/h2-7,10,13H,8-9,11H2,1H3. The van der Waals surface area contributed by atoms with Crippen molar-refractivity contribution in [1.82, 2.24) is 0 Å². The van der Waals surface area contributed by atoms with Crippen molar-refractivity contribution in [2.24, 2.45) is 5.92 Å². The first-order chi connectivity index (χ1) is 10.1. The summed E-state index contributed by atoms with van der Waals surface area (Å²) >= 11 is 9.33. The highest BCUT2D eigenvalue weighted by molar-refractivity contribution is 9.10. The van der Waals surface area contributed by atoms with Crippen LogP contribution >= 0.6 is 27.5 Å². The Labute approximate surface area is 138 Å². The predicted octanol–water partition coefficient (Wildman–Crippen LogP) is 5.24. The summed E-state index contributed by atoms with van der Waals surface area (Å²) in [6, 6.07) is 13.1. The summed E-state index contributed by atoms with van der Waals surface area (Å²) in [5, 5.41) is 0. The van der Waals surface area contributed by atoms with E-state index in [1.165, 1.54) is 6.07 Å². The molecule has 0 aliphatic carbocycles. The molecule has 0 bridgehead atoms. The Bertz CT molecular complexity index is 603. The highest BCUT2D eigenvalue weighted by Gasteiger charge is 2.13. The number of halogens is 3. The van der Waals surface area contributed by atoms with Crippen LogP contribution in [0.1, 0.15) is 11.1 Å². The van der Waals surface area contributed by atoms with Crippen LogP contribution in [-0.2, 0) is 12.8 Å². The fourth-order valence-corrected chi connectivity index (χ4v) is 3.01. The van der Waals surface area contributed by atoms with Gasteiger partial charge in [-0.05, 0) is 64.0 Å². The number of hydrogen-bond donors (Lipinski definition) is 0. The Hall–Kier alpha value is -1.06. The van der Waals surface area contributed by atoms with E-state index in [4.69, 9.17) is 16.3 Å². The van der Waals surface area contributed by atoms with E-state index in [1.54, 1.807) is 7.11 Å². The molecule has 0 saturated heterocycles. The Balaban J connectivity index is 2.11. The van der Waals surface area contributed by atoms with Gasteiger partial charge < -0.3 is 4.74 Å². The summed E-state index contributed by atoms with van der Waals surface area (Å²) in [6.45, 7) is 0. The van der Waals surface area contributed by atoms with Gasteiger partial charge in [0.05, 0.1) is 11.6 Å². The van der Waals surface area contributed by atoms with Gasteiger partial charge in [-0.25, -0.2) is 4.39 Å². The summed E-state index contributed by atoms with van der Waals surface area (Å²) in [4.78, 5) is 0. The molecule has 0 spiro atoms. The summed E-state index contributed by atoms with van der Waals surface area (Å²) in [6.07, 6.45) is 1.64.